The number of aryl methyl sites for hydroxylation is 2. The van der Waals surface area contributed by atoms with Crippen LogP contribution in [0.4, 0.5) is 0 Å². The minimum Gasteiger partial charge on any atom is -0.396 e. The predicted molar refractivity (Wildman–Crippen MR) is 93.4 cm³/mol. The summed E-state index contributed by atoms with van der Waals surface area (Å²) in [6.07, 6.45) is 2.23. The number of morpholine rings is 1. The highest BCUT2D eigenvalue weighted by Crippen LogP contribution is 2.13. The zero-order valence-corrected chi connectivity index (χ0v) is 14.4. The van der Waals surface area contributed by atoms with Crippen molar-refractivity contribution in [3.63, 3.8) is 0 Å². The number of benzene rings is 1. The standard InChI is InChI=1S/C18H23N3O4/c1-13-3-2-4-15-17(13)19-12-20(18(15)24)7-5-16(23)21-8-10-25-11-14(21)6-9-22/h2-4,12,14,22H,5-11H2,1H3. The van der Waals surface area contributed by atoms with Gasteiger partial charge in [-0.1, -0.05) is 12.1 Å². The van der Waals surface area contributed by atoms with Gasteiger partial charge in [0.2, 0.25) is 5.91 Å². The van der Waals surface area contributed by atoms with Crippen molar-refractivity contribution in [1.29, 1.82) is 0 Å². The Hall–Kier alpha value is -2.25. The summed E-state index contributed by atoms with van der Waals surface area (Å²) in [5.74, 6) is -0.0296. The molecule has 0 saturated carbocycles. The van der Waals surface area contributed by atoms with Gasteiger partial charge >= 0.3 is 0 Å². The third-order valence-corrected chi connectivity index (χ3v) is 4.63. The van der Waals surface area contributed by atoms with E-state index in [2.05, 4.69) is 4.98 Å². The first-order valence-corrected chi connectivity index (χ1v) is 8.54. The number of ether oxygens (including phenoxy) is 1. The molecule has 1 aromatic heterocycles. The van der Waals surface area contributed by atoms with Gasteiger partial charge in [-0.3, -0.25) is 14.2 Å². The zero-order valence-electron chi connectivity index (χ0n) is 14.4. The van der Waals surface area contributed by atoms with E-state index in [-0.39, 0.29) is 37.1 Å². The predicted octanol–water partition coefficient (Wildman–Crippen LogP) is 0.705. The lowest BCUT2D eigenvalue weighted by Crippen LogP contribution is -2.49. The molecule has 1 aliphatic heterocycles. The highest BCUT2D eigenvalue weighted by atomic mass is 16.5. The minimum atomic E-state index is -0.129. The molecule has 7 nitrogen and oxygen atoms in total. The fourth-order valence-electron chi connectivity index (χ4n) is 3.23. The van der Waals surface area contributed by atoms with E-state index in [0.29, 0.717) is 37.1 Å². The van der Waals surface area contributed by atoms with Crippen molar-refractivity contribution >= 4 is 16.8 Å². The number of nitrogens with zero attached hydrogens (tertiary/aromatic N) is 3. The fourth-order valence-corrected chi connectivity index (χ4v) is 3.23. The molecule has 1 unspecified atom stereocenters. The molecule has 1 amide bonds. The third kappa shape index (κ3) is 3.72. The summed E-state index contributed by atoms with van der Waals surface area (Å²) < 4.78 is 6.87. The van der Waals surface area contributed by atoms with E-state index >= 15 is 0 Å². The van der Waals surface area contributed by atoms with E-state index in [1.807, 2.05) is 19.1 Å². The molecule has 0 radical (unpaired) electrons. The molecule has 1 fully saturated rings. The molecule has 25 heavy (non-hydrogen) atoms. The number of amides is 1. The van der Waals surface area contributed by atoms with Crippen molar-refractivity contribution in [3.05, 3.63) is 40.4 Å². The van der Waals surface area contributed by atoms with Crippen molar-refractivity contribution in [2.75, 3.05) is 26.4 Å². The lowest BCUT2D eigenvalue weighted by molar-refractivity contribution is -0.140. The van der Waals surface area contributed by atoms with Gasteiger partial charge < -0.3 is 14.7 Å². The van der Waals surface area contributed by atoms with Gasteiger partial charge in [-0.2, -0.15) is 0 Å². The minimum absolute atomic E-state index is 0.0191. The lowest BCUT2D eigenvalue weighted by Gasteiger charge is -2.35. The monoisotopic (exact) mass is 345 g/mol. The normalized spacial score (nSPS) is 17.8. The van der Waals surface area contributed by atoms with Gasteiger partial charge in [0.25, 0.3) is 5.56 Å². The number of carbonyl (C=O) groups is 1. The van der Waals surface area contributed by atoms with Gasteiger partial charge in [-0.25, -0.2) is 4.98 Å². The van der Waals surface area contributed by atoms with Crippen LogP contribution in [0.15, 0.2) is 29.3 Å². The summed E-state index contributed by atoms with van der Waals surface area (Å²) in [6.45, 7) is 3.70. The average molecular weight is 345 g/mol. The average Bonchev–Trinajstić information content (AvgIpc) is 2.62. The van der Waals surface area contributed by atoms with Crippen molar-refractivity contribution in [2.24, 2.45) is 0 Å². The van der Waals surface area contributed by atoms with Crippen LogP contribution in [-0.2, 0) is 16.1 Å². The number of fused-ring (bicyclic) bond motifs is 1. The summed E-state index contributed by atoms with van der Waals surface area (Å²) in [5.41, 5.74) is 1.53. The lowest BCUT2D eigenvalue weighted by atomic mass is 10.1. The molecule has 7 heteroatoms. The van der Waals surface area contributed by atoms with E-state index in [1.165, 1.54) is 10.9 Å². The number of aromatic nitrogens is 2. The second kappa shape index (κ2) is 7.76. The number of aliphatic hydroxyl groups excluding tert-OH is 1. The van der Waals surface area contributed by atoms with Crippen molar-refractivity contribution < 1.29 is 14.6 Å². The molecule has 2 heterocycles. The van der Waals surface area contributed by atoms with Crippen LogP contribution in [0.2, 0.25) is 0 Å². The number of hydrogen-bond donors (Lipinski definition) is 1. The quantitative estimate of drug-likeness (QED) is 0.862. The van der Waals surface area contributed by atoms with Crippen molar-refractivity contribution in [1.82, 2.24) is 14.5 Å². The number of carbonyl (C=O) groups excluding carboxylic acids is 1. The van der Waals surface area contributed by atoms with Crippen LogP contribution >= 0.6 is 0 Å². The van der Waals surface area contributed by atoms with E-state index in [9.17, 15) is 9.59 Å². The van der Waals surface area contributed by atoms with Crippen molar-refractivity contribution in [2.45, 2.75) is 32.4 Å². The first kappa shape index (κ1) is 17.6. The maximum atomic E-state index is 12.6. The molecule has 3 rings (SSSR count). The van der Waals surface area contributed by atoms with Gasteiger partial charge in [-0.05, 0) is 25.0 Å². The van der Waals surface area contributed by atoms with Crippen LogP contribution in [0.1, 0.15) is 18.4 Å². The SMILES string of the molecule is Cc1cccc2c(=O)n(CCC(=O)N3CCOCC3CCO)cnc12. The topological polar surface area (TPSA) is 84.7 Å². The Balaban J connectivity index is 1.73. The molecular formula is C18H23N3O4. The molecule has 1 aromatic carbocycles. The molecule has 2 aromatic rings. The summed E-state index contributed by atoms with van der Waals surface area (Å²) in [6, 6.07) is 5.42. The van der Waals surface area contributed by atoms with E-state index in [1.54, 1.807) is 11.0 Å². The molecule has 0 bridgehead atoms. The molecule has 0 aliphatic carbocycles. The molecular weight excluding hydrogens is 322 g/mol. The summed E-state index contributed by atoms with van der Waals surface area (Å²) in [7, 11) is 0. The zero-order chi connectivity index (χ0) is 17.8. The first-order valence-electron chi connectivity index (χ1n) is 8.54. The number of aliphatic hydroxyl groups is 1. The molecule has 1 saturated heterocycles. The van der Waals surface area contributed by atoms with Gasteiger partial charge in [0.05, 0.1) is 36.5 Å². The fraction of sp³-hybridized carbons (Fsp3) is 0.500. The number of rotatable bonds is 5. The Morgan fingerprint density at radius 1 is 1.44 bits per heavy atom. The van der Waals surface area contributed by atoms with Crippen LogP contribution in [0.3, 0.4) is 0 Å². The second-order valence-corrected chi connectivity index (χ2v) is 6.29. The van der Waals surface area contributed by atoms with Crippen LogP contribution in [-0.4, -0.2) is 57.9 Å². The van der Waals surface area contributed by atoms with Crippen LogP contribution < -0.4 is 5.56 Å². The smallest absolute Gasteiger partial charge is 0.261 e. The Morgan fingerprint density at radius 3 is 3.08 bits per heavy atom. The van der Waals surface area contributed by atoms with Gasteiger partial charge in [0, 0.05) is 26.1 Å². The maximum Gasteiger partial charge on any atom is 0.261 e. The van der Waals surface area contributed by atoms with Crippen molar-refractivity contribution in [3.8, 4) is 0 Å². The summed E-state index contributed by atoms with van der Waals surface area (Å²) >= 11 is 0. The molecule has 134 valence electrons. The highest BCUT2D eigenvalue weighted by molar-refractivity contribution is 5.80. The Bertz CT molecular complexity index is 816. The summed E-state index contributed by atoms with van der Waals surface area (Å²) in [4.78, 5) is 31.2. The van der Waals surface area contributed by atoms with E-state index < -0.39 is 0 Å². The molecule has 1 N–H and O–H groups in total. The maximum absolute atomic E-state index is 12.6. The highest BCUT2D eigenvalue weighted by Gasteiger charge is 2.26. The van der Waals surface area contributed by atoms with Crippen LogP contribution in [0, 0.1) is 6.92 Å². The van der Waals surface area contributed by atoms with Crippen LogP contribution in [0.25, 0.3) is 10.9 Å². The van der Waals surface area contributed by atoms with Gasteiger partial charge in [0.1, 0.15) is 0 Å². The molecule has 0 spiro atoms. The molecule has 1 aliphatic rings. The number of hydrogen-bond acceptors (Lipinski definition) is 5. The third-order valence-electron chi connectivity index (χ3n) is 4.63. The van der Waals surface area contributed by atoms with Gasteiger partial charge in [-0.15, -0.1) is 0 Å². The van der Waals surface area contributed by atoms with E-state index in [4.69, 9.17) is 9.84 Å². The number of para-hydroxylation sites is 1. The van der Waals surface area contributed by atoms with Crippen LogP contribution in [0.5, 0.6) is 0 Å². The van der Waals surface area contributed by atoms with Gasteiger partial charge in [0.15, 0.2) is 0 Å². The Labute approximate surface area is 145 Å². The summed E-state index contributed by atoms with van der Waals surface area (Å²) in [5, 5.41) is 9.71. The Kier molecular flexibility index (Phi) is 5.45. The van der Waals surface area contributed by atoms with E-state index in [0.717, 1.165) is 5.56 Å². The largest absolute Gasteiger partial charge is 0.396 e. The Morgan fingerprint density at radius 2 is 2.28 bits per heavy atom. The molecule has 1 atom stereocenters. The second-order valence-electron chi connectivity index (χ2n) is 6.29. The first-order chi connectivity index (χ1) is 12.1.